The monoisotopic (exact) mass is 194 g/mol. The van der Waals surface area contributed by atoms with E-state index in [9.17, 15) is 9.90 Å². The van der Waals surface area contributed by atoms with E-state index >= 15 is 0 Å². The molecule has 1 heterocycles. The van der Waals surface area contributed by atoms with Gasteiger partial charge in [-0.25, -0.2) is 0 Å². The molecule has 0 aliphatic rings. The zero-order chi connectivity index (χ0) is 10.6. The van der Waals surface area contributed by atoms with Crippen LogP contribution in [-0.4, -0.2) is 34.5 Å². The summed E-state index contributed by atoms with van der Waals surface area (Å²) in [6.07, 6.45) is 3.66. The van der Waals surface area contributed by atoms with Gasteiger partial charge in [-0.2, -0.15) is 0 Å². The number of hydrogen-bond donors (Lipinski definition) is 1. The predicted molar refractivity (Wildman–Crippen MR) is 53.2 cm³/mol. The van der Waals surface area contributed by atoms with Crippen molar-refractivity contribution in [2.75, 3.05) is 13.6 Å². The van der Waals surface area contributed by atoms with Gasteiger partial charge in [0.2, 0.25) is 0 Å². The summed E-state index contributed by atoms with van der Waals surface area (Å²) >= 11 is 0. The highest BCUT2D eigenvalue weighted by atomic mass is 16.3. The molecule has 14 heavy (non-hydrogen) atoms. The largest absolute Gasteiger partial charge is 0.505 e. The zero-order valence-electron chi connectivity index (χ0n) is 8.40. The Hall–Kier alpha value is -1.58. The third kappa shape index (κ3) is 2.22. The summed E-state index contributed by atoms with van der Waals surface area (Å²) < 4.78 is 0. The first-order valence-electron chi connectivity index (χ1n) is 4.55. The average Bonchev–Trinajstić information content (AvgIpc) is 2.18. The van der Waals surface area contributed by atoms with E-state index < -0.39 is 0 Å². The van der Waals surface area contributed by atoms with Gasteiger partial charge in [0.25, 0.3) is 5.91 Å². The van der Waals surface area contributed by atoms with Crippen molar-refractivity contribution in [1.29, 1.82) is 0 Å². The Labute approximate surface area is 83.2 Å². The van der Waals surface area contributed by atoms with Crippen LogP contribution in [0.2, 0.25) is 0 Å². The third-order valence-electron chi connectivity index (χ3n) is 1.94. The van der Waals surface area contributed by atoms with Crippen LogP contribution in [0.25, 0.3) is 0 Å². The summed E-state index contributed by atoms with van der Waals surface area (Å²) in [4.78, 5) is 17.0. The normalized spacial score (nSPS) is 9.86. The molecule has 4 heteroatoms. The van der Waals surface area contributed by atoms with Crippen LogP contribution in [0, 0.1) is 0 Å². The van der Waals surface area contributed by atoms with Crippen molar-refractivity contribution in [1.82, 2.24) is 9.88 Å². The van der Waals surface area contributed by atoms with Gasteiger partial charge < -0.3 is 10.0 Å². The van der Waals surface area contributed by atoms with Crippen molar-refractivity contribution < 1.29 is 9.90 Å². The van der Waals surface area contributed by atoms with Crippen LogP contribution in [0.5, 0.6) is 5.75 Å². The molecule has 0 aromatic carbocycles. The van der Waals surface area contributed by atoms with E-state index in [2.05, 4.69) is 4.98 Å². The minimum atomic E-state index is -0.174. The Bertz CT molecular complexity index is 326. The maximum atomic E-state index is 11.7. The highest BCUT2D eigenvalue weighted by Crippen LogP contribution is 2.15. The van der Waals surface area contributed by atoms with Gasteiger partial charge in [-0.15, -0.1) is 0 Å². The minimum absolute atomic E-state index is 0.0690. The van der Waals surface area contributed by atoms with Crippen LogP contribution in [0.3, 0.4) is 0 Å². The molecule has 0 bridgehead atoms. The molecule has 0 atom stereocenters. The second-order valence-electron chi connectivity index (χ2n) is 3.12. The molecule has 1 aromatic heterocycles. The van der Waals surface area contributed by atoms with E-state index in [4.69, 9.17) is 0 Å². The summed E-state index contributed by atoms with van der Waals surface area (Å²) in [6.45, 7) is 2.68. The van der Waals surface area contributed by atoms with Crippen LogP contribution in [0.1, 0.15) is 23.7 Å². The van der Waals surface area contributed by atoms with Crippen molar-refractivity contribution in [3.05, 3.63) is 24.0 Å². The Morgan fingerprint density at radius 3 is 2.93 bits per heavy atom. The molecule has 0 aliphatic carbocycles. The van der Waals surface area contributed by atoms with Gasteiger partial charge in [0, 0.05) is 19.8 Å². The van der Waals surface area contributed by atoms with Gasteiger partial charge >= 0.3 is 0 Å². The first-order chi connectivity index (χ1) is 6.66. The lowest BCUT2D eigenvalue weighted by molar-refractivity contribution is 0.0792. The fraction of sp³-hybridized carbons (Fsp3) is 0.400. The topological polar surface area (TPSA) is 53.4 Å². The van der Waals surface area contributed by atoms with Crippen molar-refractivity contribution in [2.24, 2.45) is 0 Å². The number of aromatic hydroxyl groups is 1. The van der Waals surface area contributed by atoms with E-state index in [1.165, 1.54) is 18.5 Å². The molecule has 1 aromatic rings. The molecule has 1 rings (SSSR count). The first kappa shape index (κ1) is 10.5. The summed E-state index contributed by atoms with van der Waals surface area (Å²) in [5, 5.41) is 9.39. The van der Waals surface area contributed by atoms with E-state index in [1.54, 1.807) is 11.9 Å². The van der Waals surface area contributed by atoms with E-state index in [0.717, 1.165) is 6.42 Å². The smallest absolute Gasteiger partial charge is 0.257 e. The molecule has 0 fully saturated rings. The number of aromatic nitrogens is 1. The van der Waals surface area contributed by atoms with Gasteiger partial charge in [0.05, 0.1) is 11.8 Å². The quantitative estimate of drug-likeness (QED) is 0.788. The fourth-order valence-electron chi connectivity index (χ4n) is 1.21. The Kier molecular flexibility index (Phi) is 3.45. The van der Waals surface area contributed by atoms with Crippen molar-refractivity contribution in [3.8, 4) is 5.75 Å². The average molecular weight is 194 g/mol. The Balaban J connectivity index is 2.84. The van der Waals surface area contributed by atoms with E-state index in [0.29, 0.717) is 12.1 Å². The Morgan fingerprint density at radius 1 is 1.64 bits per heavy atom. The summed E-state index contributed by atoms with van der Waals surface area (Å²) in [7, 11) is 1.71. The number of carbonyl (C=O) groups is 1. The number of rotatable bonds is 3. The molecule has 4 nitrogen and oxygen atoms in total. The number of pyridine rings is 1. The zero-order valence-corrected chi connectivity index (χ0v) is 8.40. The molecule has 1 N–H and O–H groups in total. The van der Waals surface area contributed by atoms with E-state index in [1.807, 2.05) is 6.92 Å². The van der Waals surface area contributed by atoms with Crippen LogP contribution < -0.4 is 0 Å². The lowest BCUT2D eigenvalue weighted by atomic mass is 10.2. The van der Waals surface area contributed by atoms with Gasteiger partial charge in [-0.3, -0.25) is 9.78 Å². The molecule has 0 radical (unpaired) electrons. The molecule has 0 unspecified atom stereocenters. The SMILES string of the molecule is CCCN(C)C(=O)c1ccncc1O. The van der Waals surface area contributed by atoms with Crippen LogP contribution in [-0.2, 0) is 0 Å². The minimum Gasteiger partial charge on any atom is -0.505 e. The Morgan fingerprint density at radius 2 is 2.36 bits per heavy atom. The first-order valence-corrected chi connectivity index (χ1v) is 4.55. The summed E-state index contributed by atoms with van der Waals surface area (Å²) in [5.74, 6) is -0.243. The summed E-state index contributed by atoms with van der Waals surface area (Å²) in [5.41, 5.74) is 0.302. The van der Waals surface area contributed by atoms with Gasteiger partial charge in [-0.1, -0.05) is 6.92 Å². The maximum absolute atomic E-state index is 11.7. The molecule has 0 saturated heterocycles. The standard InChI is InChI=1S/C10H14N2O2/c1-3-6-12(2)10(14)8-4-5-11-7-9(8)13/h4-5,7,13H,3,6H2,1-2H3. The summed E-state index contributed by atoms with van der Waals surface area (Å²) in [6, 6.07) is 1.52. The van der Waals surface area contributed by atoms with Crippen LogP contribution >= 0.6 is 0 Å². The van der Waals surface area contributed by atoms with Crippen molar-refractivity contribution >= 4 is 5.91 Å². The number of hydrogen-bond acceptors (Lipinski definition) is 3. The van der Waals surface area contributed by atoms with Crippen molar-refractivity contribution in [2.45, 2.75) is 13.3 Å². The molecule has 0 aliphatic heterocycles. The van der Waals surface area contributed by atoms with Crippen LogP contribution in [0.15, 0.2) is 18.5 Å². The van der Waals surface area contributed by atoms with Gasteiger partial charge in [-0.05, 0) is 12.5 Å². The van der Waals surface area contributed by atoms with Crippen LogP contribution in [0.4, 0.5) is 0 Å². The van der Waals surface area contributed by atoms with Gasteiger partial charge in [0.1, 0.15) is 5.75 Å². The number of carbonyl (C=O) groups excluding carboxylic acids is 1. The second-order valence-corrected chi connectivity index (χ2v) is 3.12. The molecule has 76 valence electrons. The van der Waals surface area contributed by atoms with Gasteiger partial charge in [0.15, 0.2) is 0 Å². The number of nitrogens with zero attached hydrogens (tertiary/aromatic N) is 2. The lowest BCUT2D eigenvalue weighted by Gasteiger charge is -2.16. The molecule has 0 saturated carbocycles. The maximum Gasteiger partial charge on any atom is 0.257 e. The van der Waals surface area contributed by atoms with Crippen molar-refractivity contribution in [3.63, 3.8) is 0 Å². The third-order valence-corrected chi connectivity index (χ3v) is 1.94. The predicted octanol–water partition coefficient (Wildman–Crippen LogP) is 1.27. The second kappa shape index (κ2) is 4.60. The highest BCUT2D eigenvalue weighted by Gasteiger charge is 2.14. The number of amides is 1. The lowest BCUT2D eigenvalue weighted by Crippen LogP contribution is -2.27. The van der Waals surface area contributed by atoms with E-state index in [-0.39, 0.29) is 11.7 Å². The highest BCUT2D eigenvalue weighted by molar-refractivity contribution is 5.96. The molecular weight excluding hydrogens is 180 g/mol. The fourth-order valence-corrected chi connectivity index (χ4v) is 1.21. The molecule has 0 spiro atoms. The molecule has 1 amide bonds. The molecular formula is C10H14N2O2.